The molecule has 6 atom stereocenters. The summed E-state index contributed by atoms with van der Waals surface area (Å²) in [7, 11) is 1.43. The lowest BCUT2D eigenvalue weighted by Crippen LogP contribution is -2.65. The number of carbonyl (C=O) groups excluding carboxylic acids is 2. The Labute approximate surface area is 203 Å². The van der Waals surface area contributed by atoms with Crippen LogP contribution in [0.25, 0.3) is 5.57 Å². The first-order chi connectivity index (χ1) is 16.9. The van der Waals surface area contributed by atoms with Crippen LogP contribution in [-0.4, -0.2) is 72.7 Å². The molecule has 0 saturated carbocycles. The number of cyclic esters (lactones) is 1. The maximum atomic E-state index is 13.0. The van der Waals surface area contributed by atoms with Gasteiger partial charge in [-0.2, -0.15) is 0 Å². The molecule has 0 radical (unpaired) electrons. The molecule has 186 valence electrons. The van der Waals surface area contributed by atoms with Crippen molar-refractivity contribution in [1.29, 1.82) is 0 Å². The first kappa shape index (κ1) is 25.0. The number of hydrogen-bond donors (Lipinski definition) is 3. The number of carbonyl (C=O) groups is 2. The molecule has 1 fully saturated rings. The third-order valence-electron chi connectivity index (χ3n) is 5.99. The number of amides is 1. The maximum Gasteiger partial charge on any atom is 0.337 e. The monoisotopic (exact) mass is 483 g/mol. The minimum atomic E-state index is -1.40. The summed E-state index contributed by atoms with van der Waals surface area (Å²) in [6.07, 6.45) is -5.70. The van der Waals surface area contributed by atoms with Crippen LogP contribution in [0.3, 0.4) is 0 Å². The van der Waals surface area contributed by atoms with Gasteiger partial charge in [-0.25, -0.2) is 4.79 Å². The smallest absolute Gasteiger partial charge is 0.337 e. The van der Waals surface area contributed by atoms with Crippen LogP contribution in [0, 0.1) is 0 Å². The lowest BCUT2D eigenvalue weighted by atomic mass is 9.95. The van der Waals surface area contributed by atoms with Gasteiger partial charge < -0.3 is 34.5 Å². The van der Waals surface area contributed by atoms with Crippen LogP contribution in [0.2, 0.25) is 0 Å². The molecule has 2 aromatic carbocycles. The molecule has 2 aliphatic rings. The molecule has 1 amide bonds. The van der Waals surface area contributed by atoms with E-state index in [1.54, 1.807) is 0 Å². The Morgan fingerprint density at radius 1 is 1.03 bits per heavy atom. The topological polar surface area (TPSA) is 124 Å². The summed E-state index contributed by atoms with van der Waals surface area (Å²) in [4.78, 5) is 24.8. The van der Waals surface area contributed by atoms with E-state index in [0.29, 0.717) is 17.6 Å². The van der Waals surface area contributed by atoms with E-state index in [1.807, 2.05) is 60.7 Å². The Morgan fingerprint density at radius 2 is 1.69 bits per heavy atom. The highest BCUT2D eigenvalue weighted by Crippen LogP contribution is 2.36. The molecular weight excluding hydrogens is 454 g/mol. The van der Waals surface area contributed by atoms with E-state index in [2.05, 4.69) is 5.32 Å². The molecule has 0 spiro atoms. The number of aliphatic hydroxyl groups is 2. The van der Waals surface area contributed by atoms with Crippen molar-refractivity contribution in [2.75, 3.05) is 13.7 Å². The number of rotatable bonds is 8. The van der Waals surface area contributed by atoms with Crippen LogP contribution in [0.5, 0.6) is 0 Å². The van der Waals surface area contributed by atoms with Crippen LogP contribution in [0.1, 0.15) is 18.1 Å². The number of ether oxygens (including phenoxy) is 4. The van der Waals surface area contributed by atoms with Crippen molar-refractivity contribution >= 4 is 17.4 Å². The normalized spacial score (nSPS) is 28.6. The molecule has 0 unspecified atom stereocenters. The van der Waals surface area contributed by atoms with Gasteiger partial charge in [0.25, 0.3) is 0 Å². The Bertz CT molecular complexity index is 1060. The van der Waals surface area contributed by atoms with E-state index in [-0.39, 0.29) is 6.61 Å². The summed E-state index contributed by atoms with van der Waals surface area (Å²) in [6.45, 7) is 1.26. The Balaban J connectivity index is 1.68. The summed E-state index contributed by atoms with van der Waals surface area (Å²) in [5, 5.41) is 23.7. The Hall–Kier alpha value is -3.08. The quantitative estimate of drug-likeness (QED) is 0.479. The zero-order chi connectivity index (χ0) is 24.9. The highest BCUT2D eigenvalue weighted by Gasteiger charge is 2.48. The first-order valence-electron chi connectivity index (χ1n) is 11.4. The predicted octanol–water partition coefficient (Wildman–Crippen LogP) is 1.18. The van der Waals surface area contributed by atoms with Gasteiger partial charge in [0.15, 0.2) is 6.29 Å². The molecule has 1 saturated heterocycles. The van der Waals surface area contributed by atoms with Crippen molar-refractivity contribution in [3.63, 3.8) is 0 Å². The fourth-order valence-electron chi connectivity index (χ4n) is 4.33. The highest BCUT2D eigenvalue weighted by atomic mass is 16.8. The summed E-state index contributed by atoms with van der Waals surface area (Å²) in [5.74, 6) is -0.978. The second kappa shape index (κ2) is 11.1. The van der Waals surface area contributed by atoms with Gasteiger partial charge in [-0.15, -0.1) is 0 Å². The molecule has 9 nitrogen and oxygen atoms in total. The van der Waals surface area contributed by atoms with Gasteiger partial charge in [-0.05, 0) is 11.1 Å². The van der Waals surface area contributed by atoms with Crippen molar-refractivity contribution in [2.45, 2.75) is 50.3 Å². The Morgan fingerprint density at radius 3 is 2.31 bits per heavy atom. The van der Waals surface area contributed by atoms with Gasteiger partial charge in [0.05, 0.1) is 12.2 Å². The molecule has 2 heterocycles. The largest absolute Gasteiger partial charge is 0.428 e. The highest BCUT2D eigenvalue weighted by molar-refractivity contribution is 6.02. The number of aliphatic hydroxyl groups excluding tert-OH is 2. The summed E-state index contributed by atoms with van der Waals surface area (Å²) < 4.78 is 22.7. The third-order valence-corrected chi connectivity index (χ3v) is 5.99. The van der Waals surface area contributed by atoms with Crippen LogP contribution in [-0.2, 0) is 35.0 Å². The minimum absolute atomic E-state index is 0.0179. The zero-order valence-corrected chi connectivity index (χ0v) is 19.5. The number of nitrogens with one attached hydrogen (secondary N) is 1. The number of benzene rings is 2. The fourth-order valence-corrected chi connectivity index (χ4v) is 4.33. The van der Waals surface area contributed by atoms with Gasteiger partial charge in [0.1, 0.15) is 24.4 Å². The van der Waals surface area contributed by atoms with Crippen molar-refractivity contribution in [1.82, 2.24) is 5.32 Å². The molecule has 0 aliphatic carbocycles. The third kappa shape index (κ3) is 5.61. The minimum Gasteiger partial charge on any atom is -0.428 e. The summed E-state index contributed by atoms with van der Waals surface area (Å²) >= 11 is 0. The van der Waals surface area contributed by atoms with E-state index < -0.39 is 48.8 Å². The number of hydrogen-bond acceptors (Lipinski definition) is 8. The van der Waals surface area contributed by atoms with E-state index in [9.17, 15) is 19.8 Å². The molecule has 4 rings (SSSR count). The SMILES string of the molecule is COC[C@H]1O[C@@H](O[C@H]2OC(=O)C(Cc3ccccc3)=C2c2ccccc2)[C@H](NC(C)=O)[C@@H](O)[C@@H]1O. The standard InChI is InChI=1S/C26H29NO8/c1-15(28)27-21-23(30)22(29)19(14-32-2)33-26(21)35-25-20(17-11-7-4-8-12-17)18(24(31)34-25)13-16-9-5-3-6-10-16/h3-12,19,21-23,25-26,29-30H,13-14H2,1-2H3,(H,27,28)/t19-,21-,22-,23-,25-,26+/m1/s1. The zero-order valence-electron chi connectivity index (χ0n) is 19.5. The molecule has 35 heavy (non-hydrogen) atoms. The van der Waals surface area contributed by atoms with Crippen molar-refractivity contribution < 1.29 is 38.7 Å². The fraction of sp³-hybridized carbons (Fsp3) is 0.385. The number of esters is 1. The van der Waals surface area contributed by atoms with E-state index in [1.165, 1.54) is 14.0 Å². The molecule has 3 N–H and O–H groups in total. The lowest BCUT2D eigenvalue weighted by molar-refractivity contribution is -0.297. The van der Waals surface area contributed by atoms with Crippen LogP contribution in [0.4, 0.5) is 0 Å². The Kier molecular flexibility index (Phi) is 7.94. The van der Waals surface area contributed by atoms with Crippen molar-refractivity contribution in [3.05, 3.63) is 77.4 Å². The maximum absolute atomic E-state index is 13.0. The first-order valence-corrected chi connectivity index (χ1v) is 11.4. The second-order valence-electron chi connectivity index (χ2n) is 8.50. The van der Waals surface area contributed by atoms with Crippen LogP contribution in [0.15, 0.2) is 66.2 Å². The molecule has 0 bridgehead atoms. The van der Waals surface area contributed by atoms with Gasteiger partial charge in [0.2, 0.25) is 12.2 Å². The molecule has 2 aliphatic heterocycles. The predicted molar refractivity (Wildman–Crippen MR) is 125 cm³/mol. The van der Waals surface area contributed by atoms with Crippen molar-refractivity contribution in [3.8, 4) is 0 Å². The number of methoxy groups -OCH3 is 1. The molecular formula is C26H29NO8. The van der Waals surface area contributed by atoms with Crippen LogP contribution < -0.4 is 5.32 Å². The second-order valence-corrected chi connectivity index (χ2v) is 8.50. The van der Waals surface area contributed by atoms with Crippen molar-refractivity contribution in [2.24, 2.45) is 0 Å². The lowest BCUT2D eigenvalue weighted by Gasteiger charge is -2.43. The molecule has 9 heteroatoms. The van der Waals surface area contributed by atoms with Gasteiger partial charge >= 0.3 is 5.97 Å². The average molecular weight is 484 g/mol. The molecule has 0 aromatic heterocycles. The van der Waals surface area contributed by atoms with Crippen LogP contribution >= 0.6 is 0 Å². The van der Waals surface area contributed by atoms with E-state index in [4.69, 9.17) is 18.9 Å². The summed E-state index contributed by atoms with van der Waals surface area (Å²) in [6, 6.07) is 17.6. The van der Waals surface area contributed by atoms with Gasteiger partial charge in [-0.1, -0.05) is 60.7 Å². The average Bonchev–Trinajstić information content (AvgIpc) is 3.15. The molecule has 2 aromatic rings. The van der Waals surface area contributed by atoms with E-state index >= 15 is 0 Å². The van der Waals surface area contributed by atoms with E-state index in [0.717, 1.165) is 11.1 Å². The van der Waals surface area contributed by atoms with Gasteiger partial charge in [0, 0.05) is 26.0 Å². The van der Waals surface area contributed by atoms with Gasteiger partial charge in [-0.3, -0.25) is 4.79 Å². The summed E-state index contributed by atoms with van der Waals surface area (Å²) in [5.41, 5.74) is 2.63.